The van der Waals surface area contributed by atoms with Gasteiger partial charge in [0.25, 0.3) is 0 Å². The minimum Gasteiger partial charge on any atom is -0.460 e. The number of benzene rings is 1. The molecule has 0 bridgehead atoms. The monoisotopic (exact) mass is 271 g/mol. The van der Waals surface area contributed by atoms with Gasteiger partial charge in [-0.1, -0.05) is 23.2 Å². The van der Waals surface area contributed by atoms with E-state index >= 15 is 0 Å². The topological polar surface area (TPSA) is 50.8 Å². The predicted octanol–water partition coefficient (Wildman–Crippen LogP) is 3.57. The molecule has 4 nitrogen and oxygen atoms in total. The Morgan fingerprint density at radius 3 is 2.71 bits per heavy atom. The molecule has 1 aromatic heterocycles. The number of nitrogens with zero attached hydrogens (tertiary/aromatic N) is 2. The van der Waals surface area contributed by atoms with Gasteiger partial charge in [-0.15, -0.1) is 5.10 Å². The van der Waals surface area contributed by atoms with Crippen molar-refractivity contribution in [2.75, 3.05) is 0 Å². The van der Waals surface area contributed by atoms with Crippen LogP contribution in [0.4, 0.5) is 0 Å². The van der Waals surface area contributed by atoms with Crippen LogP contribution in [0.3, 0.4) is 0 Å². The maximum absolute atomic E-state index is 6.07. The zero-order valence-corrected chi connectivity index (χ0v) is 10.9. The van der Waals surface area contributed by atoms with Gasteiger partial charge in [0.2, 0.25) is 0 Å². The summed E-state index contributed by atoms with van der Waals surface area (Å²) in [4.78, 5) is 4.19. The summed E-state index contributed by atoms with van der Waals surface area (Å²) >= 11 is 11.9. The Balaban J connectivity index is 2.30. The smallest absolute Gasteiger partial charge is 0.336 e. The van der Waals surface area contributed by atoms with Gasteiger partial charge in [-0.05, 0) is 32.0 Å². The number of rotatable bonds is 3. The van der Waals surface area contributed by atoms with E-state index in [1.54, 1.807) is 18.2 Å². The molecule has 0 aliphatic rings. The van der Waals surface area contributed by atoms with Gasteiger partial charge < -0.3 is 4.74 Å². The lowest BCUT2D eigenvalue weighted by molar-refractivity contribution is 0.223. The second-order valence-electron chi connectivity index (χ2n) is 3.76. The Kier molecular flexibility index (Phi) is 3.54. The van der Waals surface area contributed by atoms with E-state index in [2.05, 4.69) is 15.2 Å². The van der Waals surface area contributed by atoms with Crippen LogP contribution in [0, 0.1) is 0 Å². The second kappa shape index (κ2) is 4.94. The lowest BCUT2D eigenvalue weighted by Crippen LogP contribution is -2.06. The summed E-state index contributed by atoms with van der Waals surface area (Å²) in [6.07, 6.45) is 0.0272. The first-order valence-electron chi connectivity index (χ1n) is 5.10. The van der Waals surface area contributed by atoms with E-state index < -0.39 is 0 Å². The predicted molar refractivity (Wildman–Crippen MR) is 67.6 cm³/mol. The molecule has 2 rings (SSSR count). The van der Waals surface area contributed by atoms with Gasteiger partial charge in [0.15, 0.2) is 5.82 Å². The molecule has 0 spiro atoms. The standard InChI is InChI=1S/C11H11Cl2N3O/c1-6(2)17-11-14-10(15-16-11)8-4-3-7(12)5-9(8)13/h3-6H,1-2H3,(H,14,15,16). The Hall–Kier alpha value is -1.26. The molecular formula is C11H11Cl2N3O. The van der Waals surface area contributed by atoms with E-state index in [9.17, 15) is 0 Å². The van der Waals surface area contributed by atoms with Crippen LogP contribution >= 0.6 is 23.2 Å². The zero-order valence-electron chi connectivity index (χ0n) is 9.37. The fourth-order valence-electron chi connectivity index (χ4n) is 1.31. The fraction of sp³-hybridized carbons (Fsp3) is 0.273. The summed E-state index contributed by atoms with van der Waals surface area (Å²) < 4.78 is 5.36. The van der Waals surface area contributed by atoms with Crippen molar-refractivity contribution in [3.63, 3.8) is 0 Å². The van der Waals surface area contributed by atoms with Crippen LogP contribution in [0.5, 0.6) is 6.01 Å². The zero-order chi connectivity index (χ0) is 12.4. The highest BCUT2D eigenvalue weighted by molar-refractivity contribution is 6.36. The summed E-state index contributed by atoms with van der Waals surface area (Å²) in [7, 11) is 0. The van der Waals surface area contributed by atoms with Crippen LogP contribution in [-0.4, -0.2) is 21.3 Å². The van der Waals surface area contributed by atoms with Gasteiger partial charge in [-0.3, -0.25) is 5.10 Å². The van der Waals surface area contributed by atoms with Gasteiger partial charge in [0.05, 0.1) is 11.1 Å². The number of halogens is 2. The van der Waals surface area contributed by atoms with E-state index in [1.807, 2.05) is 13.8 Å². The first kappa shape index (κ1) is 12.2. The van der Waals surface area contributed by atoms with Crippen LogP contribution in [0.1, 0.15) is 13.8 Å². The largest absolute Gasteiger partial charge is 0.460 e. The molecule has 0 atom stereocenters. The number of ether oxygens (including phenoxy) is 1. The molecule has 2 aromatic rings. The normalized spacial score (nSPS) is 10.9. The van der Waals surface area contributed by atoms with Crippen LogP contribution < -0.4 is 4.74 Å². The maximum atomic E-state index is 6.07. The third-order valence-electron chi connectivity index (χ3n) is 1.99. The van der Waals surface area contributed by atoms with Crippen molar-refractivity contribution >= 4 is 23.2 Å². The van der Waals surface area contributed by atoms with Gasteiger partial charge in [0, 0.05) is 10.6 Å². The number of hydrogen-bond donors (Lipinski definition) is 1. The van der Waals surface area contributed by atoms with Crippen LogP contribution in [0.25, 0.3) is 11.4 Å². The van der Waals surface area contributed by atoms with Gasteiger partial charge in [0.1, 0.15) is 0 Å². The highest BCUT2D eigenvalue weighted by Gasteiger charge is 2.11. The molecule has 0 saturated heterocycles. The van der Waals surface area contributed by atoms with E-state index in [0.717, 1.165) is 5.56 Å². The van der Waals surface area contributed by atoms with Crippen molar-refractivity contribution in [3.05, 3.63) is 28.2 Å². The average molecular weight is 272 g/mol. The molecule has 0 aliphatic carbocycles. The Bertz CT molecular complexity index is 525. The number of aromatic nitrogens is 3. The van der Waals surface area contributed by atoms with Crippen molar-refractivity contribution in [1.29, 1.82) is 0 Å². The number of aromatic amines is 1. The average Bonchev–Trinajstić information content (AvgIpc) is 2.65. The number of nitrogens with one attached hydrogen (secondary N) is 1. The van der Waals surface area contributed by atoms with Crippen LogP contribution in [0.15, 0.2) is 18.2 Å². The molecule has 1 heterocycles. The summed E-state index contributed by atoms with van der Waals surface area (Å²) in [5.74, 6) is 0.558. The minimum absolute atomic E-state index is 0.0272. The summed E-state index contributed by atoms with van der Waals surface area (Å²) in [5, 5.41) is 7.82. The van der Waals surface area contributed by atoms with E-state index in [-0.39, 0.29) is 6.10 Å². The molecule has 0 aliphatic heterocycles. The maximum Gasteiger partial charge on any atom is 0.336 e. The molecule has 6 heteroatoms. The van der Waals surface area contributed by atoms with E-state index in [1.165, 1.54) is 0 Å². The molecule has 1 aromatic carbocycles. The molecule has 1 N–H and O–H groups in total. The Morgan fingerprint density at radius 1 is 1.29 bits per heavy atom. The quantitative estimate of drug-likeness (QED) is 0.929. The Labute approximate surface area is 109 Å². The lowest BCUT2D eigenvalue weighted by atomic mass is 10.2. The molecular weight excluding hydrogens is 261 g/mol. The molecule has 17 heavy (non-hydrogen) atoms. The second-order valence-corrected chi connectivity index (χ2v) is 4.60. The third-order valence-corrected chi connectivity index (χ3v) is 2.54. The van der Waals surface area contributed by atoms with Crippen molar-refractivity contribution < 1.29 is 4.74 Å². The summed E-state index contributed by atoms with van der Waals surface area (Å²) in [6, 6.07) is 5.49. The number of hydrogen-bond acceptors (Lipinski definition) is 3. The van der Waals surface area contributed by atoms with Crippen molar-refractivity contribution in [2.45, 2.75) is 20.0 Å². The molecule has 90 valence electrons. The molecule has 0 unspecified atom stereocenters. The van der Waals surface area contributed by atoms with Crippen molar-refractivity contribution in [2.24, 2.45) is 0 Å². The van der Waals surface area contributed by atoms with Crippen LogP contribution in [0.2, 0.25) is 10.0 Å². The van der Waals surface area contributed by atoms with Gasteiger partial charge in [-0.2, -0.15) is 4.98 Å². The molecule has 0 fully saturated rings. The SMILES string of the molecule is CC(C)Oc1n[nH]c(-c2ccc(Cl)cc2Cl)n1. The first-order chi connectivity index (χ1) is 8.06. The highest BCUT2D eigenvalue weighted by Crippen LogP contribution is 2.28. The summed E-state index contributed by atoms with van der Waals surface area (Å²) in [5.41, 5.74) is 0.738. The van der Waals surface area contributed by atoms with Gasteiger partial charge >= 0.3 is 6.01 Å². The molecule has 0 radical (unpaired) electrons. The van der Waals surface area contributed by atoms with Crippen molar-refractivity contribution in [1.82, 2.24) is 15.2 Å². The van der Waals surface area contributed by atoms with Gasteiger partial charge in [-0.25, -0.2) is 0 Å². The molecule has 0 saturated carbocycles. The lowest BCUT2D eigenvalue weighted by Gasteiger charge is -2.03. The Morgan fingerprint density at radius 2 is 2.06 bits per heavy atom. The van der Waals surface area contributed by atoms with E-state index in [4.69, 9.17) is 27.9 Å². The van der Waals surface area contributed by atoms with Crippen molar-refractivity contribution in [3.8, 4) is 17.4 Å². The fourth-order valence-corrected chi connectivity index (χ4v) is 1.81. The molecule has 0 amide bonds. The third kappa shape index (κ3) is 2.90. The number of H-pyrrole nitrogens is 1. The summed E-state index contributed by atoms with van der Waals surface area (Å²) in [6.45, 7) is 3.82. The van der Waals surface area contributed by atoms with E-state index in [0.29, 0.717) is 21.9 Å². The minimum atomic E-state index is 0.0272. The van der Waals surface area contributed by atoms with Crippen LogP contribution in [-0.2, 0) is 0 Å². The first-order valence-corrected chi connectivity index (χ1v) is 5.86. The highest BCUT2D eigenvalue weighted by atomic mass is 35.5.